The van der Waals surface area contributed by atoms with E-state index >= 15 is 0 Å². The third kappa shape index (κ3) is 3.58. The molecule has 0 spiro atoms. The van der Waals surface area contributed by atoms with E-state index in [0.29, 0.717) is 6.04 Å². The van der Waals surface area contributed by atoms with Gasteiger partial charge in [0, 0.05) is 26.1 Å². The zero-order valence-electron chi connectivity index (χ0n) is 13.1. The van der Waals surface area contributed by atoms with Crippen LogP contribution in [0.2, 0.25) is 0 Å². The van der Waals surface area contributed by atoms with Crippen LogP contribution in [0.5, 0.6) is 0 Å². The normalized spacial score (nSPS) is 18.8. The van der Waals surface area contributed by atoms with Crippen molar-refractivity contribution in [2.75, 3.05) is 13.7 Å². The molecule has 1 unspecified atom stereocenters. The lowest BCUT2D eigenvalue weighted by molar-refractivity contribution is -0.0835. The summed E-state index contributed by atoms with van der Waals surface area (Å²) in [5.74, 6) is 1.08. The van der Waals surface area contributed by atoms with E-state index in [9.17, 15) is 0 Å². The second-order valence-corrected chi connectivity index (χ2v) is 5.79. The van der Waals surface area contributed by atoms with Crippen molar-refractivity contribution in [2.45, 2.75) is 70.6 Å². The summed E-state index contributed by atoms with van der Waals surface area (Å²) in [6.07, 6.45) is 8.48. The topological polar surface area (TPSA) is 52.0 Å². The summed E-state index contributed by atoms with van der Waals surface area (Å²) in [6, 6.07) is 0.421. The SMILES string of the molecule is CCCNC(Cc1ncnn1CC)CC1(OC)CCC1. The van der Waals surface area contributed by atoms with Gasteiger partial charge in [0.05, 0.1) is 5.60 Å². The first-order valence-corrected chi connectivity index (χ1v) is 7.88. The largest absolute Gasteiger partial charge is 0.378 e. The lowest BCUT2D eigenvalue weighted by Crippen LogP contribution is -2.47. The van der Waals surface area contributed by atoms with Gasteiger partial charge in [-0.3, -0.25) is 4.68 Å². The van der Waals surface area contributed by atoms with Crippen LogP contribution in [0.15, 0.2) is 6.33 Å². The molecular formula is C15H28N4O. The highest BCUT2D eigenvalue weighted by atomic mass is 16.5. The molecule has 114 valence electrons. The van der Waals surface area contributed by atoms with Gasteiger partial charge in [0.25, 0.3) is 0 Å². The van der Waals surface area contributed by atoms with Gasteiger partial charge in [-0.1, -0.05) is 6.92 Å². The number of nitrogens with one attached hydrogen (secondary N) is 1. The van der Waals surface area contributed by atoms with Crippen molar-refractivity contribution < 1.29 is 4.74 Å². The summed E-state index contributed by atoms with van der Waals surface area (Å²) in [6.45, 7) is 6.24. The molecule has 5 nitrogen and oxygen atoms in total. The van der Waals surface area contributed by atoms with Crippen LogP contribution in [-0.4, -0.2) is 40.1 Å². The van der Waals surface area contributed by atoms with Crippen LogP contribution in [0.3, 0.4) is 0 Å². The summed E-state index contributed by atoms with van der Waals surface area (Å²) < 4.78 is 7.76. The molecule has 0 amide bonds. The van der Waals surface area contributed by atoms with Crippen LogP contribution in [0.1, 0.15) is 51.8 Å². The molecule has 0 radical (unpaired) electrons. The van der Waals surface area contributed by atoms with E-state index in [1.165, 1.54) is 19.3 Å². The molecular weight excluding hydrogens is 252 g/mol. The Morgan fingerprint density at radius 1 is 1.45 bits per heavy atom. The highest BCUT2D eigenvalue weighted by molar-refractivity contribution is 4.97. The molecule has 0 bridgehead atoms. The molecule has 5 heteroatoms. The predicted octanol–water partition coefficient (Wildman–Crippen LogP) is 2.17. The lowest BCUT2D eigenvalue weighted by Gasteiger charge is -2.43. The first-order valence-electron chi connectivity index (χ1n) is 7.88. The maximum atomic E-state index is 5.78. The van der Waals surface area contributed by atoms with Crippen LogP contribution in [0, 0.1) is 0 Å². The van der Waals surface area contributed by atoms with Crippen molar-refractivity contribution in [3.05, 3.63) is 12.2 Å². The van der Waals surface area contributed by atoms with Crippen molar-refractivity contribution in [3.8, 4) is 0 Å². The molecule has 1 atom stereocenters. The Morgan fingerprint density at radius 2 is 2.25 bits per heavy atom. The molecule has 1 aromatic rings. The molecule has 1 fully saturated rings. The number of methoxy groups -OCH3 is 1. The summed E-state index contributed by atoms with van der Waals surface area (Å²) >= 11 is 0. The van der Waals surface area contributed by atoms with E-state index in [1.54, 1.807) is 6.33 Å². The number of aryl methyl sites for hydroxylation is 1. The summed E-state index contributed by atoms with van der Waals surface area (Å²) in [5.41, 5.74) is 0.0997. The van der Waals surface area contributed by atoms with Crippen LogP contribution >= 0.6 is 0 Å². The zero-order valence-corrected chi connectivity index (χ0v) is 13.1. The molecule has 1 aromatic heterocycles. The molecule has 1 heterocycles. The third-order valence-electron chi connectivity index (χ3n) is 4.42. The van der Waals surface area contributed by atoms with Gasteiger partial charge in [0.15, 0.2) is 0 Å². The fourth-order valence-corrected chi connectivity index (χ4v) is 3.01. The number of ether oxygens (including phenoxy) is 1. The van der Waals surface area contributed by atoms with Crippen molar-refractivity contribution in [3.63, 3.8) is 0 Å². The first kappa shape index (κ1) is 15.4. The van der Waals surface area contributed by atoms with E-state index in [-0.39, 0.29) is 5.60 Å². The smallest absolute Gasteiger partial charge is 0.138 e. The summed E-state index contributed by atoms with van der Waals surface area (Å²) in [4.78, 5) is 4.41. The van der Waals surface area contributed by atoms with Crippen LogP contribution in [-0.2, 0) is 17.7 Å². The molecule has 1 N–H and O–H groups in total. The maximum absolute atomic E-state index is 5.78. The van der Waals surface area contributed by atoms with Gasteiger partial charge in [-0.05, 0) is 45.6 Å². The summed E-state index contributed by atoms with van der Waals surface area (Å²) in [7, 11) is 1.85. The fraction of sp³-hybridized carbons (Fsp3) is 0.867. The van der Waals surface area contributed by atoms with Crippen LogP contribution < -0.4 is 5.32 Å². The fourth-order valence-electron chi connectivity index (χ4n) is 3.01. The van der Waals surface area contributed by atoms with E-state index < -0.39 is 0 Å². The molecule has 0 aromatic carbocycles. The highest BCUT2D eigenvalue weighted by Gasteiger charge is 2.39. The molecule has 0 aliphatic heterocycles. The summed E-state index contributed by atoms with van der Waals surface area (Å²) in [5, 5.41) is 7.92. The number of nitrogens with zero attached hydrogens (tertiary/aromatic N) is 3. The Balaban J connectivity index is 1.99. The number of hydrogen-bond acceptors (Lipinski definition) is 4. The van der Waals surface area contributed by atoms with Gasteiger partial charge in [0.2, 0.25) is 0 Å². The van der Waals surface area contributed by atoms with Crippen LogP contribution in [0.25, 0.3) is 0 Å². The number of aromatic nitrogens is 3. The van der Waals surface area contributed by atoms with Gasteiger partial charge in [-0.2, -0.15) is 5.10 Å². The van der Waals surface area contributed by atoms with Gasteiger partial charge in [-0.25, -0.2) is 4.98 Å². The lowest BCUT2D eigenvalue weighted by atomic mass is 9.75. The average Bonchev–Trinajstić information content (AvgIpc) is 2.87. The van der Waals surface area contributed by atoms with E-state index in [0.717, 1.165) is 38.2 Å². The highest BCUT2D eigenvalue weighted by Crippen LogP contribution is 2.39. The molecule has 1 aliphatic rings. The van der Waals surface area contributed by atoms with Gasteiger partial charge in [0.1, 0.15) is 12.2 Å². The second-order valence-electron chi connectivity index (χ2n) is 5.79. The van der Waals surface area contributed by atoms with Gasteiger partial charge >= 0.3 is 0 Å². The third-order valence-corrected chi connectivity index (χ3v) is 4.42. The van der Waals surface area contributed by atoms with Crippen molar-refractivity contribution in [1.29, 1.82) is 0 Å². The minimum absolute atomic E-state index is 0.0997. The second kappa shape index (κ2) is 7.18. The Hall–Kier alpha value is -0.940. The zero-order chi connectivity index (χ0) is 14.4. The Morgan fingerprint density at radius 3 is 2.80 bits per heavy atom. The van der Waals surface area contributed by atoms with Gasteiger partial charge in [-0.15, -0.1) is 0 Å². The standard InChI is InChI=1S/C15H28N4O/c1-4-9-16-13(11-15(20-3)7-6-8-15)10-14-17-12-18-19(14)5-2/h12-13,16H,4-11H2,1-3H3. The van der Waals surface area contributed by atoms with Crippen molar-refractivity contribution >= 4 is 0 Å². The molecule has 0 saturated heterocycles. The number of rotatable bonds is 9. The molecule has 2 rings (SSSR count). The minimum Gasteiger partial charge on any atom is -0.378 e. The van der Waals surface area contributed by atoms with Gasteiger partial charge < -0.3 is 10.1 Å². The Bertz CT molecular complexity index is 395. The van der Waals surface area contributed by atoms with E-state index in [4.69, 9.17) is 4.74 Å². The number of hydrogen-bond donors (Lipinski definition) is 1. The average molecular weight is 280 g/mol. The molecule has 1 aliphatic carbocycles. The Labute approximate surface area is 122 Å². The monoisotopic (exact) mass is 280 g/mol. The molecule has 1 saturated carbocycles. The Kier molecular flexibility index (Phi) is 5.54. The quantitative estimate of drug-likeness (QED) is 0.753. The van der Waals surface area contributed by atoms with Crippen molar-refractivity contribution in [1.82, 2.24) is 20.1 Å². The first-order chi connectivity index (χ1) is 9.73. The maximum Gasteiger partial charge on any atom is 0.138 e. The molecule has 20 heavy (non-hydrogen) atoms. The van der Waals surface area contributed by atoms with Crippen LogP contribution in [0.4, 0.5) is 0 Å². The van der Waals surface area contributed by atoms with Crippen molar-refractivity contribution in [2.24, 2.45) is 0 Å². The van der Waals surface area contributed by atoms with E-state index in [2.05, 4.69) is 29.2 Å². The predicted molar refractivity (Wildman–Crippen MR) is 79.7 cm³/mol. The minimum atomic E-state index is 0.0997. The van der Waals surface area contributed by atoms with E-state index in [1.807, 2.05) is 11.8 Å².